The fraction of sp³-hybridized carbons (Fsp3) is 0.857. The molecule has 0 aromatic rings. The van der Waals surface area contributed by atoms with E-state index in [1.54, 1.807) is 0 Å². The van der Waals surface area contributed by atoms with Crippen LogP contribution in [-0.2, 0) is 4.79 Å². The molecule has 3 nitrogen and oxygen atoms in total. The van der Waals surface area contributed by atoms with Crippen LogP contribution in [0.4, 0.5) is 17.7 Å². The van der Waals surface area contributed by atoms with Gasteiger partial charge >= 0.3 is 12.1 Å². The van der Waals surface area contributed by atoms with Gasteiger partial charge in [-0.05, 0) is 12.8 Å². The predicted octanol–water partition coefficient (Wildman–Crippen LogP) is 1.99. The van der Waals surface area contributed by atoms with E-state index < -0.39 is 12.1 Å². The first kappa shape index (κ1) is 13.2. The number of alkyl halides is 3. The number of nitrogens with zero attached hydrogens (tertiary/aromatic N) is 1. The van der Waals surface area contributed by atoms with Gasteiger partial charge in [0.25, 0.3) is 0 Å². The summed E-state index contributed by atoms with van der Waals surface area (Å²) in [6, 6.07) is 0. The number of aliphatic carboxylic acids is 1. The maximum atomic E-state index is 12.0. The van der Waals surface area contributed by atoms with Crippen LogP contribution in [0.3, 0.4) is 0 Å². The molecule has 0 saturated carbocycles. The second-order valence-corrected chi connectivity index (χ2v) is 2.77. The van der Waals surface area contributed by atoms with Crippen LogP contribution in [0, 0.1) is 0 Å². The second kappa shape index (κ2) is 5.79. The fourth-order valence-electron chi connectivity index (χ4n) is 0.855. The Morgan fingerprint density at radius 3 is 1.64 bits per heavy atom. The largest absolute Gasteiger partial charge is 0.490 e. The molecule has 1 aliphatic rings. The van der Waals surface area contributed by atoms with Gasteiger partial charge in [-0.2, -0.15) is 13.2 Å². The minimum Gasteiger partial charge on any atom is -0.475 e. The van der Waals surface area contributed by atoms with Gasteiger partial charge in [-0.15, -0.1) is 9.60 Å². The van der Waals surface area contributed by atoms with Crippen LogP contribution < -0.4 is 0 Å². The first-order chi connectivity index (χ1) is 6.34. The van der Waals surface area contributed by atoms with Crippen molar-refractivity contribution >= 4 is 5.97 Å². The SMILES string of the molecule is FN1CCCCC1.O=C(O)C(F)(F)F. The summed E-state index contributed by atoms with van der Waals surface area (Å²) in [5.74, 6) is -2.76. The van der Waals surface area contributed by atoms with Gasteiger partial charge < -0.3 is 5.11 Å². The van der Waals surface area contributed by atoms with Crippen LogP contribution in [0.5, 0.6) is 0 Å². The standard InChI is InChI=1S/C5H10FN.C2HF3O2/c6-7-4-2-1-3-5-7;3-2(4,5)1(6)7/h1-5H2;(H,6,7). The Kier molecular flexibility index (Phi) is 5.44. The molecule has 0 aromatic carbocycles. The topological polar surface area (TPSA) is 40.5 Å². The predicted molar refractivity (Wildman–Crippen MR) is 40.2 cm³/mol. The van der Waals surface area contributed by atoms with Crippen molar-refractivity contribution in [1.29, 1.82) is 0 Å². The second-order valence-electron chi connectivity index (χ2n) is 2.77. The Bertz CT molecular complexity index is 177. The van der Waals surface area contributed by atoms with Crippen LogP contribution >= 0.6 is 0 Å². The van der Waals surface area contributed by atoms with Gasteiger partial charge in [0, 0.05) is 13.1 Å². The summed E-state index contributed by atoms with van der Waals surface area (Å²) < 4.78 is 43.8. The van der Waals surface area contributed by atoms with Crippen LogP contribution in [0.1, 0.15) is 19.3 Å². The van der Waals surface area contributed by atoms with E-state index in [2.05, 4.69) is 0 Å². The number of carboxylic acid groups (broad SMARTS) is 1. The van der Waals surface area contributed by atoms with Gasteiger partial charge in [-0.25, -0.2) is 4.79 Å². The summed E-state index contributed by atoms with van der Waals surface area (Å²) in [5.41, 5.74) is 0. The molecule has 1 fully saturated rings. The molecule has 7 heteroatoms. The number of carbonyl (C=O) groups is 1. The third-order valence-electron chi connectivity index (χ3n) is 1.54. The summed E-state index contributed by atoms with van der Waals surface area (Å²) in [6.45, 7) is 1.31. The van der Waals surface area contributed by atoms with Crippen LogP contribution in [-0.4, -0.2) is 35.5 Å². The minimum absolute atomic E-state index is 0.653. The lowest BCUT2D eigenvalue weighted by atomic mass is 10.2. The fourth-order valence-corrected chi connectivity index (χ4v) is 0.855. The molecule has 14 heavy (non-hydrogen) atoms. The number of rotatable bonds is 0. The van der Waals surface area contributed by atoms with Gasteiger partial charge in [0.15, 0.2) is 0 Å². The zero-order chi connectivity index (χ0) is 11.2. The number of halogens is 4. The van der Waals surface area contributed by atoms with E-state index in [4.69, 9.17) is 9.90 Å². The van der Waals surface area contributed by atoms with Crippen molar-refractivity contribution in [3.63, 3.8) is 0 Å². The number of carboxylic acids is 1. The molecule has 84 valence electrons. The number of hydrogen-bond acceptors (Lipinski definition) is 2. The summed E-state index contributed by atoms with van der Waals surface area (Å²) in [6.07, 6.45) is -1.80. The zero-order valence-corrected chi connectivity index (χ0v) is 7.35. The first-order valence-electron chi connectivity index (χ1n) is 4.05. The van der Waals surface area contributed by atoms with Crippen molar-refractivity contribution in [3.05, 3.63) is 0 Å². The van der Waals surface area contributed by atoms with Gasteiger partial charge in [-0.3, -0.25) is 0 Å². The molecule has 1 aliphatic heterocycles. The molecule has 0 bridgehead atoms. The molecule has 1 heterocycles. The van der Waals surface area contributed by atoms with E-state index >= 15 is 0 Å². The van der Waals surface area contributed by atoms with Crippen molar-refractivity contribution in [2.24, 2.45) is 0 Å². The highest BCUT2D eigenvalue weighted by Crippen LogP contribution is 2.13. The zero-order valence-electron chi connectivity index (χ0n) is 7.35. The average molecular weight is 217 g/mol. The monoisotopic (exact) mass is 217 g/mol. The van der Waals surface area contributed by atoms with Crippen molar-refractivity contribution in [2.75, 3.05) is 13.1 Å². The molecular formula is C7H11F4NO2. The van der Waals surface area contributed by atoms with E-state index in [9.17, 15) is 17.7 Å². The highest BCUT2D eigenvalue weighted by atomic mass is 19.4. The number of piperidine rings is 1. The lowest BCUT2D eigenvalue weighted by Crippen LogP contribution is -2.21. The first-order valence-corrected chi connectivity index (χ1v) is 4.05. The van der Waals surface area contributed by atoms with Crippen molar-refractivity contribution < 1.29 is 27.6 Å². The average Bonchev–Trinajstić information content (AvgIpc) is 2.04. The van der Waals surface area contributed by atoms with E-state index in [0.717, 1.165) is 18.0 Å². The van der Waals surface area contributed by atoms with E-state index in [-0.39, 0.29) is 0 Å². The normalized spacial score (nSPS) is 18.3. The molecule has 1 saturated heterocycles. The molecule has 0 unspecified atom stereocenters. The van der Waals surface area contributed by atoms with Crippen molar-refractivity contribution in [2.45, 2.75) is 25.4 Å². The Morgan fingerprint density at radius 1 is 1.14 bits per heavy atom. The summed E-state index contributed by atoms with van der Waals surface area (Å²) in [7, 11) is 0. The van der Waals surface area contributed by atoms with Crippen LogP contribution in [0.15, 0.2) is 0 Å². The smallest absolute Gasteiger partial charge is 0.475 e. The molecule has 0 aliphatic carbocycles. The Labute approximate surface area is 78.2 Å². The molecule has 0 radical (unpaired) electrons. The van der Waals surface area contributed by atoms with E-state index in [1.807, 2.05) is 0 Å². The van der Waals surface area contributed by atoms with Gasteiger partial charge in [0.05, 0.1) is 0 Å². The highest BCUT2D eigenvalue weighted by Gasteiger charge is 2.38. The molecule has 0 spiro atoms. The maximum Gasteiger partial charge on any atom is 0.490 e. The van der Waals surface area contributed by atoms with Crippen LogP contribution in [0.2, 0.25) is 0 Å². The quantitative estimate of drug-likeness (QED) is 0.498. The number of hydrogen-bond donors (Lipinski definition) is 1. The summed E-state index contributed by atoms with van der Waals surface area (Å²) in [4.78, 5) is 8.90. The lowest BCUT2D eigenvalue weighted by molar-refractivity contribution is -0.192. The maximum absolute atomic E-state index is 12.0. The Balaban J connectivity index is 0.000000241. The van der Waals surface area contributed by atoms with Gasteiger partial charge in [0.2, 0.25) is 0 Å². The van der Waals surface area contributed by atoms with Crippen molar-refractivity contribution in [3.8, 4) is 0 Å². The Morgan fingerprint density at radius 2 is 1.50 bits per heavy atom. The molecular weight excluding hydrogens is 206 g/mol. The van der Waals surface area contributed by atoms with E-state index in [1.165, 1.54) is 6.42 Å². The lowest BCUT2D eigenvalue weighted by Gasteiger charge is -2.15. The van der Waals surface area contributed by atoms with Gasteiger partial charge in [0.1, 0.15) is 0 Å². The summed E-state index contributed by atoms with van der Waals surface area (Å²) >= 11 is 0. The summed E-state index contributed by atoms with van der Waals surface area (Å²) in [5, 5.41) is 8.02. The van der Waals surface area contributed by atoms with Crippen molar-refractivity contribution in [1.82, 2.24) is 5.12 Å². The van der Waals surface area contributed by atoms with E-state index in [0.29, 0.717) is 13.1 Å². The third-order valence-corrected chi connectivity index (χ3v) is 1.54. The van der Waals surface area contributed by atoms with Gasteiger partial charge in [-0.1, -0.05) is 6.42 Å². The minimum atomic E-state index is -5.08. The van der Waals surface area contributed by atoms with Crippen LogP contribution in [0.25, 0.3) is 0 Å². The molecule has 1 rings (SSSR count). The molecule has 1 N–H and O–H groups in total. The highest BCUT2D eigenvalue weighted by molar-refractivity contribution is 5.73. The third kappa shape index (κ3) is 6.64. The Hall–Kier alpha value is -0.850. The molecule has 0 atom stereocenters. The molecule has 0 amide bonds. The molecule has 0 aromatic heterocycles.